The van der Waals surface area contributed by atoms with Crippen LogP contribution in [0.4, 0.5) is 4.39 Å². The number of carbonyl (C=O) groups is 1. The van der Waals surface area contributed by atoms with Gasteiger partial charge in [0, 0.05) is 17.1 Å². The molecule has 4 heteroatoms. The van der Waals surface area contributed by atoms with Gasteiger partial charge in [0.1, 0.15) is 5.82 Å². The van der Waals surface area contributed by atoms with Crippen LogP contribution in [-0.2, 0) is 0 Å². The second kappa shape index (κ2) is 6.04. The van der Waals surface area contributed by atoms with Crippen LogP contribution in [0.3, 0.4) is 0 Å². The SMILES string of the molecule is CC(C)C1CCCCN1C(=O)c1ccc(F)cc1Br. The molecule has 0 aliphatic carbocycles. The summed E-state index contributed by atoms with van der Waals surface area (Å²) in [6.07, 6.45) is 3.28. The summed E-state index contributed by atoms with van der Waals surface area (Å²) in [6.45, 7) is 5.09. The highest BCUT2D eigenvalue weighted by molar-refractivity contribution is 9.10. The van der Waals surface area contributed by atoms with Crippen molar-refractivity contribution >= 4 is 21.8 Å². The Labute approximate surface area is 122 Å². The first-order valence-corrected chi connectivity index (χ1v) is 7.56. The Morgan fingerprint density at radius 2 is 2.16 bits per heavy atom. The van der Waals surface area contributed by atoms with Gasteiger partial charge in [-0.2, -0.15) is 0 Å². The van der Waals surface area contributed by atoms with Crippen molar-refractivity contribution in [3.63, 3.8) is 0 Å². The molecule has 2 rings (SSSR count). The van der Waals surface area contributed by atoms with Gasteiger partial charge < -0.3 is 4.90 Å². The van der Waals surface area contributed by atoms with Crippen LogP contribution in [0.5, 0.6) is 0 Å². The zero-order valence-electron chi connectivity index (χ0n) is 11.3. The molecule has 1 fully saturated rings. The van der Waals surface area contributed by atoms with Crippen LogP contribution in [0.1, 0.15) is 43.5 Å². The Balaban J connectivity index is 2.26. The highest BCUT2D eigenvalue weighted by Gasteiger charge is 2.30. The summed E-state index contributed by atoms with van der Waals surface area (Å²) < 4.78 is 13.6. The van der Waals surface area contributed by atoms with Crippen LogP contribution >= 0.6 is 15.9 Å². The van der Waals surface area contributed by atoms with Gasteiger partial charge in [-0.25, -0.2) is 4.39 Å². The lowest BCUT2D eigenvalue weighted by Gasteiger charge is -2.38. The second-order valence-corrected chi connectivity index (χ2v) is 6.28. The van der Waals surface area contributed by atoms with E-state index in [2.05, 4.69) is 29.8 Å². The first-order valence-electron chi connectivity index (χ1n) is 6.76. The number of halogens is 2. The number of amides is 1. The third-order valence-electron chi connectivity index (χ3n) is 3.74. The first kappa shape index (κ1) is 14.5. The van der Waals surface area contributed by atoms with E-state index in [1.54, 1.807) is 6.07 Å². The maximum Gasteiger partial charge on any atom is 0.255 e. The van der Waals surface area contributed by atoms with Crippen LogP contribution in [0.2, 0.25) is 0 Å². The summed E-state index contributed by atoms with van der Waals surface area (Å²) in [5.74, 6) is 0.122. The van der Waals surface area contributed by atoms with Gasteiger partial charge in [-0.1, -0.05) is 13.8 Å². The number of carbonyl (C=O) groups excluding carboxylic acids is 1. The minimum absolute atomic E-state index is 0.00488. The van der Waals surface area contributed by atoms with Crippen molar-refractivity contribution in [1.82, 2.24) is 4.90 Å². The lowest BCUT2D eigenvalue weighted by Crippen LogP contribution is -2.46. The molecule has 19 heavy (non-hydrogen) atoms. The van der Waals surface area contributed by atoms with E-state index in [0.29, 0.717) is 22.0 Å². The van der Waals surface area contributed by atoms with Gasteiger partial charge in [-0.3, -0.25) is 4.79 Å². The minimum atomic E-state index is -0.331. The third-order valence-corrected chi connectivity index (χ3v) is 4.40. The average Bonchev–Trinajstić information content (AvgIpc) is 2.38. The molecular weight excluding hydrogens is 309 g/mol. The van der Waals surface area contributed by atoms with E-state index >= 15 is 0 Å². The summed E-state index contributed by atoms with van der Waals surface area (Å²) in [5, 5.41) is 0. The molecule has 1 heterocycles. The quantitative estimate of drug-likeness (QED) is 0.795. The standard InChI is InChI=1S/C15H19BrFNO/c1-10(2)14-5-3-4-8-18(14)15(19)12-7-6-11(17)9-13(12)16/h6-7,9-10,14H,3-5,8H2,1-2H3. The fourth-order valence-electron chi connectivity index (χ4n) is 2.72. The van der Waals surface area contributed by atoms with Crippen LogP contribution in [0.15, 0.2) is 22.7 Å². The fourth-order valence-corrected chi connectivity index (χ4v) is 3.24. The molecule has 0 spiro atoms. The van der Waals surface area contributed by atoms with E-state index in [9.17, 15) is 9.18 Å². The topological polar surface area (TPSA) is 20.3 Å². The monoisotopic (exact) mass is 327 g/mol. The van der Waals surface area contributed by atoms with Gasteiger partial charge >= 0.3 is 0 Å². The van der Waals surface area contributed by atoms with Gasteiger partial charge in [-0.05, 0) is 59.3 Å². The van der Waals surface area contributed by atoms with Crippen molar-refractivity contribution in [2.45, 2.75) is 39.2 Å². The Morgan fingerprint density at radius 3 is 2.79 bits per heavy atom. The first-order chi connectivity index (χ1) is 9.00. The molecule has 1 amide bonds. The molecule has 1 atom stereocenters. The predicted octanol–water partition coefficient (Wildman–Crippen LogP) is 4.24. The smallest absolute Gasteiger partial charge is 0.255 e. The number of piperidine rings is 1. The lowest BCUT2D eigenvalue weighted by atomic mass is 9.92. The molecule has 1 aromatic carbocycles. The second-order valence-electron chi connectivity index (χ2n) is 5.43. The van der Waals surface area contributed by atoms with E-state index in [0.717, 1.165) is 19.4 Å². The molecule has 1 aliphatic rings. The van der Waals surface area contributed by atoms with Crippen molar-refractivity contribution in [2.24, 2.45) is 5.92 Å². The highest BCUT2D eigenvalue weighted by atomic mass is 79.9. The van der Waals surface area contributed by atoms with Gasteiger partial charge in [0.15, 0.2) is 0 Å². The number of nitrogens with zero attached hydrogens (tertiary/aromatic N) is 1. The molecule has 104 valence electrons. The molecule has 0 radical (unpaired) electrons. The Morgan fingerprint density at radius 1 is 1.42 bits per heavy atom. The maximum atomic E-state index is 13.1. The number of likely N-dealkylation sites (tertiary alicyclic amines) is 1. The van der Waals surface area contributed by atoms with Crippen molar-refractivity contribution in [2.75, 3.05) is 6.54 Å². The molecule has 1 aliphatic heterocycles. The van der Waals surface area contributed by atoms with E-state index in [4.69, 9.17) is 0 Å². The Bertz CT molecular complexity index is 475. The van der Waals surface area contributed by atoms with Crippen LogP contribution in [0, 0.1) is 11.7 Å². The van der Waals surface area contributed by atoms with E-state index in [-0.39, 0.29) is 11.7 Å². The lowest BCUT2D eigenvalue weighted by molar-refractivity contribution is 0.0542. The normalized spacial score (nSPS) is 19.8. The van der Waals surface area contributed by atoms with Gasteiger partial charge in [0.2, 0.25) is 0 Å². The van der Waals surface area contributed by atoms with Crippen LogP contribution in [0.25, 0.3) is 0 Å². The molecule has 1 saturated heterocycles. The zero-order valence-corrected chi connectivity index (χ0v) is 12.9. The van der Waals surface area contributed by atoms with Crippen molar-refractivity contribution in [1.29, 1.82) is 0 Å². The minimum Gasteiger partial charge on any atom is -0.335 e. The molecule has 0 N–H and O–H groups in total. The molecule has 1 aromatic rings. The van der Waals surface area contributed by atoms with Crippen LogP contribution in [-0.4, -0.2) is 23.4 Å². The van der Waals surface area contributed by atoms with Gasteiger partial charge in [-0.15, -0.1) is 0 Å². The van der Waals surface area contributed by atoms with Crippen molar-refractivity contribution in [3.8, 4) is 0 Å². The van der Waals surface area contributed by atoms with Crippen molar-refractivity contribution < 1.29 is 9.18 Å². The number of hydrogen-bond donors (Lipinski definition) is 0. The number of benzene rings is 1. The summed E-state index contributed by atoms with van der Waals surface area (Å²) >= 11 is 3.28. The fraction of sp³-hybridized carbons (Fsp3) is 0.533. The summed E-state index contributed by atoms with van der Waals surface area (Å²) in [5.41, 5.74) is 0.550. The maximum absolute atomic E-state index is 13.1. The molecule has 2 nitrogen and oxygen atoms in total. The molecule has 1 unspecified atom stereocenters. The zero-order chi connectivity index (χ0) is 14.0. The molecule has 0 saturated carbocycles. The number of hydrogen-bond acceptors (Lipinski definition) is 1. The largest absolute Gasteiger partial charge is 0.335 e. The summed E-state index contributed by atoms with van der Waals surface area (Å²) in [6, 6.07) is 4.54. The third kappa shape index (κ3) is 3.16. The summed E-state index contributed by atoms with van der Waals surface area (Å²) in [4.78, 5) is 14.6. The summed E-state index contributed by atoms with van der Waals surface area (Å²) in [7, 11) is 0. The van der Waals surface area contributed by atoms with E-state index < -0.39 is 0 Å². The van der Waals surface area contributed by atoms with Crippen molar-refractivity contribution in [3.05, 3.63) is 34.1 Å². The number of rotatable bonds is 2. The van der Waals surface area contributed by atoms with E-state index in [1.165, 1.54) is 18.6 Å². The molecule has 0 aromatic heterocycles. The average molecular weight is 328 g/mol. The van der Waals surface area contributed by atoms with Gasteiger partial charge in [0.25, 0.3) is 5.91 Å². The Kier molecular flexibility index (Phi) is 4.61. The predicted molar refractivity (Wildman–Crippen MR) is 77.6 cm³/mol. The highest BCUT2D eigenvalue weighted by Crippen LogP contribution is 2.27. The Hall–Kier alpha value is -0.900. The molecule has 0 bridgehead atoms. The van der Waals surface area contributed by atoms with Crippen LogP contribution < -0.4 is 0 Å². The van der Waals surface area contributed by atoms with E-state index in [1.807, 2.05) is 4.90 Å². The molecular formula is C15H19BrFNO. The van der Waals surface area contributed by atoms with Gasteiger partial charge in [0.05, 0.1) is 5.56 Å².